The second-order valence-corrected chi connectivity index (χ2v) is 43.7. The molecule has 0 saturated heterocycles. The van der Waals surface area contributed by atoms with Crippen LogP contribution in [0.25, 0.3) is 167 Å². The van der Waals surface area contributed by atoms with Crippen molar-refractivity contribution < 1.29 is 60.0 Å². The zero-order valence-corrected chi connectivity index (χ0v) is 85.4. The maximum Gasteiger partial charge on any atom is 0.227 e. The molecule has 0 bridgehead atoms. The Morgan fingerprint density at radius 2 is 0.474 bits per heavy atom. The topological polar surface area (TPSA) is 150 Å². The SMILES string of the molecule is Cc1c[n+](C)c(-c2c(C)ccc3c2oc2ncccc23)cc1CC(C)(C)C.Cc1ccc2c(n1)oc1c(-c3cc(CC(C)(C)C)c(C)c[n+]3C)c(C)ccc12.[2H]C([2H])([2H])c1c[n+](C)c(-c2c(C)ccc3c2oc2nc(C)ccc23)cc1CC(C)(C)C.[2H]C([2H])([2H])c1c[n+](C)c(-c2c(C)ccc3c2oc2ncccc23)cc1C([2H])([2H])C(C)(C)C.[2H]C([2H])([2H])c1c[n+](C)c(-c2c(C)ccc3c2oc2ncccc23)cc1CC(C)(C)C. The molecule has 0 saturated carbocycles. The molecule has 0 aliphatic rings. The smallest absolute Gasteiger partial charge is 0.227 e. The van der Waals surface area contributed by atoms with Gasteiger partial charge in [-0.25, -0.2) is 47.8 Å². The molecule has 15 nitrogen and oxygen atoms in total. The second-order valence-electron chi connectivity index (χ2n) is 43.7. The van der Waals surface area contributed by atoms with E-state index >= 15 is 0 Å². The molecule has 0 aliphatic heterocycles. The van der Waals surface area contributed by atoms with Gasteiger partial charge in [0, 0.05) is 157 Å². The summed E-state index contributed by atoms with van der Waals surface area (Å²) in [6.07, 6.45) is 16.2. The minimum atomic E-state index is -2.45. The van der Waals surface area contributed by atoms with Gasteiger partial charge in [0.05, 0.1) is 27.8 Å². The maximum atomic E-state index is 8.85. The van der Waals surface area contributed by atoms with E-state index in [2.05, 4.69) is 258 Å². The first kappa shape index (κ1) is 83.0. The number of rotatable bonds is 10. The van der Waals surface area contributed by atoms with Crippen LogP contribution in [0.5, 0.6) is 0 Å². The van der Waals surface area contributed by atoms with E-state index in [0.29, 0.717) is 63.8 Å². The standard InChI is InChI=1S/2C25H29N2O.3C24H27N2O/c2*1-15-8-10-19-20-11-9-17(3)26-24(20)28-23(19)22(15)21-12-18(13-25(4,5)6)16(2)14-27(21)7;3*1-15-9-10-18-19-8-7-11-25-23(19)27-22(18)21(15)20-12-17(13-24(3,4)5)16(2)14-26(20)6/h2*8-12,14H,13H2,1-7H3;3*7-12,14H,13H2,1-6H3/q5*+1/i2D3;;2D3,13D2;2D3;. The van der Waals surface area contributed by atoms with Gasteiger partial charge in [0.25, 0.3) is 0 Å². The van der Waals surface area contributed by atoms with Crippen molar-refractivity contribution in [2.24, 2.45) is 62.3 Å². The monoisotopic (exact) mass is 1840 g/mol. The van der Waals surface area contributed by atoms with Gasteiger partial charge in [0.2, 0.25) is 57.0 Å². The minimum absolute atomic E-state index is 0.0137. The number of hydrogen-bond acceptors (Lipinski definition) is 10. The summed E-state index contributed by atoms with van der Waals surface area (Å²) in [6.45, 7) is 43.8. The third kappa shape index (κ3) is 20.4. The van der Waals surface area contributed by atoms with E-state index in [1.807, 2.05) is 117 Å². The van der Waals surface area contributed by atoms with Crippen LogP contribution in [0.2, 0.25) is 0 Å². The lowest BCUT2D eigenvalue weighted by Gasteiger charge is -2.19. The molecule has 0 radical (unpaired) electrons. The lowest BCUT2D eigenvalue weighted by atomic mass is 9.86. The molecule has 15 heterocycles. The molecule has 5 aromatic carbocycles. The zero-order chi connectivity index (χ0) is 108. The first-order valence-corrected chi connectivity index (χ1v) is 47.4. The second kappa shape index (κ2) is 37.3. The molecule has 15 heteroatoms. The lowest BCUT2D eigenvalue weighted by Crippen LogP contribution is -2.32. The summed E-state index contributed by atoms with van der Waals surface area (Å²) in [7, 11) is 9.80. The number of nitrogens with zero attached hydrogens (tertiary/aromatic N) is 10. The van der Waals surface area contributed by atoms with Crippen molar-refractivity contribution in [2.45, 2.75) is 219 Å². The minimum Gasteiger partial charge on any atom is -0.437 e. The summed E-state index contributed by atoms with van der Waals surface area (Å²) in [6, 6.07) is 51.3. The Labute approximate surface area is 824 Å². The molecular weight excluding hydrogens is 1690 g/mol. The van der Waals surface area contributed by atoms with Gasteiger partial charge in [-0.05, 0) is 258 Å². The molecule has 15 aromatic heterocycles. The quantitative estimate of drug-likeness (QED) is 0.121. The molecule has 702 valence electrons. The molecule has 0 unspecified atom stereocenters. The molecule has 20 aromatic rings. The Balaban J connectivity index is 0.000000132. The van der Waals surface area contributed by atoms with Crippen LogP contribution in [0, 0.1) is 110 Å². The third-order valence-electron chi connectivity index (χ3n) is 25.4. The van der Waals surface area contributed by atoms with Crippen molar-refractivity contribution >= 4 is 110 Å². The van der Waals surface area contributed by atoms with Crippen molar-refractivity contribution in [1.82, 2.24) is 24.9 Å². The summed E-state index contributed by atoms with van der Waals surface area (Å²) < 4.78 is 131. The van der Waals surface area contributed by atoms with E-state index in [-0.39, 0.29) is 32.8 Å². The summed E-state index contributed by atoms with van der Waals surface area (Å²) in [5.74, 6) is 0. The summed E-state index contributed by atoms with van der Waals surface area (Å²) in [5, 5.41) is 10.2. The van der Waals surface area contributed by atoms with E-state index in [9.17, 15) is 0 Å². The predicted molar refractivity (Wildman–Crippen MR) is 563 cm³/mol. The number of fused-ring (bicyclic) bond motifs is 15. The summed E-state index contributed by atoms with van der Waals surface area (Å²) >= 11 is 0. The van der Waals surface area contributed by atoms with Crippen LogP contribution < -0.4 is 22.8 Å². The molecule has 0 atom stereocenters. The third-order valence-corrected chi connectivity index (χ3v) is 25.4. The van der Waals surface area contributed by atoms with Gasteiger partial charge in [-0.3, -0.25) is 0 Å². The number of aromatic nitrogens is 10. The van der Waals surface area contributed by atoms with Gasteiger partial charge in [-0.2, -0.15) is 0 Å². The Hall–Kier alpha value is -13.4. The molecule has 0 fully saturated rings. The van der Waals surface area contributed by atoms with Crippen molar-refractivity contribution in [3.8, 4) is 56.3 Å². The Kier molecular flexibility index (Phi) is 22.6. The molecule has 0 amide bonds. The molecule has 0 N–H and O–H groups in total. The molecule has 137 heavy (non-hydrogen) atoms. The number of furan rings is 5. The first-order chi connectivity index (χ1) is 68.9. The van der Waals surface area contributed by atoms with E-state index < -0.39 is 32.3 Å². The van der Waals surface area contributed by atoms with Gasteiger partial charge in [0.15, 0.2) is 58.9 Å². The van der Waals surface area contributed by atoms with Crippen molar-refractivity contribution in [1.29, 1.82) is 0 Å². The number of hydrogen-bond donors (Lipinski definition) is 0. The van der Waals surface area contributed by atoms with Gasteiger partial charge in [-0.1, -0.05) is 165 Å². The number of aryl methyl sites for hydroxylation is 17. The molecule has 20 rings (SSSR count). The van der Waals surface area contributed by atoms with Crippen molar-refractivity contribution in [3.63, 3.8) is 0 Å². The van der Waals surface area contributed by atoms with Crippen LogP contribution in [-0.2, 0) is 67.3 Å². The molecule has 0 aliphatic carbocycles. The van der Waals surface area contributed by atoms with E-state index in [0.717, 1.165) is 167 Å². The predicted octanol–water partition coefficient (Wildman–Crippen LogP) is 29.0. The normalized spacial score (nSPS) is 13.8. The Morgan fingerprint density at radius 1 is 0.255 bits per heavy atom. The zero-order valence-electron chi connectivity index (χ0n) is 96.4. The average molecular weight is 1840 g/mol. The largest absolute Gasteiger partial charge is 0.437 e. The highest BCUT2D eigenvalue weighted by Gasteiger charge is 2.32. The molecule has 0 spiro atoms. The Morgan fingerprint density at radius 3 is 0.723 bits per heavy atom. The number of pyridine rings is 10. The highest BCUT2D eigenvalue weighted by Crippen LogP contribution is 2.45. The van der Waals surface area contributed by atoms with Crippen LogP contribution in [0.4, 0.5) is 0 Å². The summed E-state index contributed by atoms with van der Waals surface area (Å²) in [4.78, 5) is 22.3. The average Bonchev–Trinajstić information content (AvgIpc) is 1.07. The highest BCUT2D eigenvalue weighted by molar-refractivity contribution is 6.13. The van der Waals surface area contributed by atoms with Gasteiger partial charge in [0.1, 0.15) is 35.2 Å². The fourth-order valence-corrected chi connectivity index (χ4v) is 19.1. The van der Waals surface area contributed by atoms with E-state index in [4.69, 9.17) is 37.2 Å². The van der Waals surface area contributed by atoms with Crippen LogP contribution >= 0.6 is 0 Å². The highest BCUT2D eigenvalue weighted by atomic mass is 16.4. The van der Waals surface area contributed by atoms with Crippen molar-refractivity contribution in [3.05, 3.63) is 296 Å². The van der Waals surface area contributed by atoms with Crippen LogP contribution in [0.1, 0.15) is 214 Å². The Bertz CT molecular complexity index is 8610. The van der Waals surface area contributed by atoms with Crippen LogP contribution in [0.15, 0.2) is 223 Å². The fourth-order valence-electron chi connectivity index (χ4n) is 19.1. The van der Waals surface area contributed by atoms with Crippen LogP contribution in [-0.4, -0.2) is 24.9 Å². The van der Waals surface area contributed by atoms with Gasteiger partial charge < -0.3 is 22.1 Å². The van der Waals surface area contributed by atoms with Gasteiger partial charge >= 0.3 is 0 Å². The molecular formula is C122H139N10O5+5. The van der Waals surface area contributed by atoms with Crippen molar-refractivity contribution in [2.75, 3.05) is 0 Å². The van der Waals surface area contributed by atoms with Crippen LogP contribution in [0.3, 0.4) is 0 Å². The van der Waals surface area contributed by atoms with Gasteiger partial charge in [-0.15, -0.1) is 0 Å². The first-order valence-electron chi connectivity index (χ1n) is 52.9. The van der Waals surface area contributed by atoms with E-state index in [1.54, 1.807) is 69.4 Å². The summed E-state index contributed by atoms with van der Waals surface area (Å²) in [5.41, 5.74) is 32.3. The van der Waals surface area contributed by atoms with E-state index in [1.165, 1.54) is 51.0 Å². The number of benzene rings is 5. The fraction of sp³-hybridized carbons (Fsp3) is 0.344. The maximum absolute atomic E-state index is 8.85. The lowest BCUT2D eigenvalue weighted by molar-refractivity contribution is -0.660.